The minimum absolute atomic E-state index is 0. The molecule has 3 rings (SSSR count). The second-order valence-electron chi connectivity index (χ2n) is 12.4. The number of piperidine rings is 1. The third kappa shape index (κ3) is 8.85. The van der Waals surface area contributed by atoms with E-state index in [2.05, 4.69) is 50.2 Å². The Hall–Kier alpha value is -2.30. The van der Waals surface area contributed by atoms with Crippen molar-refractivity contribution in [2.75, 3.05) is 65.5 Å². The molecule has 1 aromatic rings. The van der Waals surface area contributed by atoms with E-state index in [1.807, 2.05) is 9.80 Å². The molecule has 0 aromatic carbocycles. The summed E-state index contributed by atoms with van der Waals surface area (Å²) in [5.41, 5.74) is 0.216. The standard InChI is InChI=1S/C29H50N6O4.CH4/c1-20(2)18-35(23-14-21(15-30-16-23)26(36)34-12-8-10-22(34)19-39-7)27(37)24-17-32-28(29(3,4)5)33-25(24)31-11-9-13-38-6;/h17,20-23,30H,8-16,18-19H2,1-7H3,(H,31,32,33);1H4/t21-,22-,23+;/m1./s1. The van der Waals surface area contributed by atoms with Gasteiger partial charge in [0.05, 0.1) is 18.6 Å². The molecule has 2 aliphatic heterocycles. The Bertz CT molecular complexity index is 951. The van der Waals surface area contributed by atoms with E-state index in [0.29, 0.717) is 63.0 Å². The molecule has 2 amide bonds. The van der Waals surface area contributed by atoms with E-state index < -0.39 is 0 Å². The van der Waals surface area contributed by atoms with Crippen LogP contribution in [0.25, 0.3) is 0 Å². The number of amides is 2. The van der Waals surface area contributed by atoms with Crippen LogP contribution >= 0.6 is 0 Å². The molecule has 3 atom stereocenters. The minimum atomic E-state index is -0.251. The van der Waals surface area contributed by atoms with Crippen LogP contribution in [0.5, 0.6) is 0 Å². The van der Waals surface area contributed by atoms with E-state index in [-0.39, 0.29) is 48.6 Å². The third-order valence-electron chi connectivity index (χ3n) is 7.47. The Kier molecular flexibility index (Phi) is 13.3. The van der Waals surface area contributed by atoms with Gasteiger partial charge in [-0.1, -0.05) is 42.0 Å². The number of ether oxygens (including phenoxy) is 2. The average Bonchev–Trinajstić information content (AvgIpc) is 3.37. The van der Waals surface area contributed by atoms with Gasteiger partial charge in [-0.2, -0.15) is 0 Å². The van der Waals surface area contributed by atoms with Crippen LogP contribution < -0.4 is 10.6 Å². The van der Waals surface area contributed by atoms with Crippen LogP contribution in [0.3, 0.4) is 0 Å². The van der Waals surface area contributed by atoms with E-state index >= 15 is 0 Å². The summed E-state index contributed by atoms with van der Waals surface area (Å²) in [7, 11) is 3.37. The van der Waals surface area contributed by atoms with Crippen LogP contribution in [0.15, 0.2) is 6.20 Å². The van der Waals surface area contributed by atoms with Gasteiger partial charge in [0.1, 0.15) is 17.2 Å². The second-order valence-corrected chi connectivity index (χ2v) is 12.4. The zero-order valence-electron chi connectivity index (χ0n) is 25.1. The van der Waals surface area contributed by atoms with Crippen LogP contribution in [0.4, 0.5) is 5.82 Å². The van der Waals surface area contributed by atoms with Crippen molar-refractivity contribution < 1.29 is 19.1 Å². The number of methoxy groups -OCH3 is 2. The Morgan fingerprint density at radius 1 is 1.23 bits per heavy atom. The number of aromatic nitrogens is 2. The highest BCUT2D eigenvalue weighted by Crippen LogP contribution is 2.27. The maximum atomic E-state index is 14.2. The van der Waals surface area contributed by atoms with Gasteiger partial charge in [0.2, 0.25) is 5.91 Å². The van der Waals surface area contributed by atoms with Crippen LogP contribution in [0.1, 0.15) is 83.9 Å². The van der Waals surface area contributed by atoms with Gasteiger partial charge < -0.3 is 29.9 Å². The summed E-state index contributed by atoms with van der Waals surface area (Å²) in [5, 5.41) is 6.82. The van der Waals surface area contributed by atoms with Gasteiger partial charge in [0, 0.05) is 71.2 Å². The molecule has 0 radical (unpaired) electrons. The van der Waals surface area contributed by atoms with Crippen molar-refractivity contribution >= 4 is 17.6 Å². The van der Waals surface area contributed by atoms with Crippen molar-refractivity contribution in [2.24, 2.45) is 11.8 Å². The van der Waals surface area contributed by atoms with Crippen LogP contribution in [0.2, 0.25) is 0 Å². The molecule has 0 bridgehead atoms. The molecule has 2 aliphatic rings. The summed E-state index contributed by atoms with van der Waals surface area (Å²) in [5.74, 6) is 1.40. The predicted molar refractivity (Wildman–Crippen MR) is 160 cm³/mol. The van der Waals surface area contributed by atoms with Gasteiger partial charge in [-0.25, -0.2) is 9.97 Å². The Labute approximate surface area is 242 Å². The molecule has 0 spiro atoms. The second kappa shape index (κ2) is 15.6. The van der Waals surface area contributed by atoms with Crippen molar-refractivity contribution in [1.82, 2.24) is 25.1 Å². The molecule has 2 saturated heterocycles. The number of likely N-dealkylation sites (tertiary alicyclic amines) is 1. The highest BCUT2D eigenvalue weighted by Gasteiger charge is 2.38. The molecule has 0 aliphatic carbocycles. The molecule has 40 heavy (non-hydrogen) atoms. The van der Waals surface area contributed by atoms with Crippen molar-refractivity contribution in [2.45, 2.75) is 85.2 Å². The molecule has 0 unspecified atom stereocenters. The first-order valence-corrected chi connectivity index (χ1v) is 14.5. The normalized spacial score (nSPS) is 21.3. The number of carbonyl (C=O) groups excluding carboxylic acids is 2. The first kappa shape index (κ1) is 33.9. The first-order valence-electron chi connectivity index (χ1n) is 14.5. The van der Waals surface area contributed by atoms with Crippen molar-refractivity contribution in [1.29, 1.82) is 0 Å². The van der Waals surface area contributed by atoms with Crippen molar-refractivity contribution in [3.8, 4) is 0 Å². The van der Waals surface area contributed by atoms with Crippen LogP contribution in [0, 0.1) is 11.8 Å². The summed E-state index contributed by atoms with van der Waals surface area (Å²) in [6.07, 6.45) is 5.09. The fraction of sp³-hybridized carbons (Fsp3) is 0.800. The van der Waals surface area contributed by atoms with Crippen molar-refractivity contribution in [3.63, 3.8) is 0 Å². The van der Waals surface area contributed by atoms with Gasteiger partial charge >= 0.3 is 0 Å². The summed E-state index contributed by atoms with van der Waals surface area (Å²) in [6, 6.07) is 0.0382. The van der Waals surface area contributed by atoms with Gasteiger partial charge in [-0.05, 0) is 31.6 Å². The Morgan fingerprint density at radius 3 is 2.62 bits per heavy atom. The first-order chi connectivity index (χ1) is 18.6. The lowest BCUT2D eigenvalue weighted by Gasteiger charge is -2.40. The molecular weight excluding hydrogens is 508 g/mol. The summed E-state index contributed by atoms with van der Waals surface area (Å²) in [6.45, 7) is 14.9. The number of anilines is 1. The molecule has 2 fully saturated rings. The molecule has 228 valence electrons. The summed E-state index contributed by atoms with van der Waals surface area (Å²) in [4.78, 5) is 41.0. The van der Waals surface area contributed by atoms with E-state index in [1.165, 1.54) is 0 Å². The van der Waals surface area contributed by atoms with Gasteiger partial charge in [-0.3, -0.25) is 9.59 Å². The fourth-order valence-electron chi connectivity index (χ4n) is 5.47. The highest BCUT2D eigenvalue weighted by atomic mass is 16.5. The lowest BCUT2D eigenvalue weighted by atomic mass is 9.92. The number of hydrogen-bond donors (Lipinski definition) is 2. The topological polar surface area (TPSA) is 109 Å². The zero-order valence-corrected chi connectivity index (χ0v) is 25.1. The minimum Gasteiger partial charge on any atom is -0.385 e. The number of nitrogens with one attached hydrogen (secondary N) is 2. The van der Waals surface area contributed by atoms with Gasteiger partial charge in [0.15, 0.2) is 0 Å². The van der Waals surface area contributed by atoms with Crippen LogP contribution in [-0.4, -0.2) is 104 Å². The molecule has 10 heteroatoms. The van der Waals surface area contributed by atoms with Gasteiger partial charge in [-0.15, -0.1) is 0 Å². The molecule has 0 saturated carbocycles. The monoisotopic (exact) mass is 562 g/mol. The molecule has 10 nitrogen and oxygen atoms in total. The van der Waals surface area contributed by atoms with Crippen LogP contribution in [-0.2, 0) is 19.7 Å². The fourth-order valence-corrected chi connectivity index (χ4v) is 5.47. The number of carbonyl (C=O) groups is 2. The lowest BCUT2D eigenvalue weighted by Crippen LogP contribution is -2.55. The molecule has 3 heterocycles. The number of nitrogens with zero attached hydrogens (tertiary/aromatic N) is 4. The summed E-state index contributed by atoms with van der Waals surface area (Å²) < 4.78 is 10.6. The Balaban J connectivity index is 0.00000560. The number of hydrogen-bond acceptors (Lipinski definition) is 8. The average molecular weight is 563 g/mol. The maximum Gasteiger partial charge on any atom is 0.259 e. The third-order valence-corrected chi connectivity index (χ3v) is 7.47. The predicted octanol–water partition coefficient (Wildman–Crippen LogP) is 3.57. The quantitative estimate of drug-likeness (QED) is 0.372. The van der Waals surface area contributed by atoms with E-state index in [9.17, 15) is 9.59 Å². The van der Waals surface area contributed by atoms with E-state index in [1.54, 1.807) is 20.4 Å². The van der Waals surface area contributed by atoms with Crippen molar-refractivity contribution in [3.05, 3.63) is 17.6 Å². The molecule has 1 aromatic heterocycles. The molecule has 2 N–H and O–H groups in total. The Morgan fingerprint density at radius 2 is 1.98 bits per heavy atom. The largest absolute Gasteiger partial charge is 0.385 e. The molecular formula is C30H54N6O4. The van der Waals surface area contributed by atoms with Gasteiger partial charge in [0.25, 0.3) is 5.91 Å². The smallest absolute Gasteiger partial charge is 0.259 e. The van der Waals surface area contributed by atoms with E-state index in [4.69, 9.17) is 14.5 Å². The zero-order chi connectivity index (χ0) is 28.6. The maximum absolute atomic E-state index is 14.2. The summed E-state index contributed by atoms with van der Waals surface area (Å²) >= 11 is 0. The highest BCUT2D eigenvalue weighted by molar-refractivity contribution is 5.98. The number of rotatable bonds is 12. The SMILES string of the molecule is C.COCCCNc1nc(C(C)(C)C)ncc1C(=O)N(CC(C)C)[C@@H]1CNC[C@H](C(=O)N2CCC[C@@H]2COC)C1. The van der Waals surface area contributed by atoms with E-state index in [0.717, 1.165) is 25.8 Å². The lowest BCUT2D eigenvalue weighted by molar-refractivity contribution is -0.138.